The van der Waals surface area contributed by atoms with Crippen LogP contribution in [-0.4, -0.2) is 16.9 Å². The number of aromatic nitrogens is 1. The SMILES string of the molecule is CCC(C)C(N)C(=O)Nc1cc(C)ccn1. The van der Waals surface area contributed by atoms with Gasteiger partial charge in [0.15, 0.2) is 0 Å². The molecule has 0 radical (unpaired) electrons. The van der Waals surface area contributed by atoms with Crippen molar-refractivity contribution in [1.29, 1.82) is 0 Å². The minimum absolute atomic E-state index is 0.171. The van der Waals surface area contributed by atoms with Crippen molar-refractivity contribution in [3.05, 3.63) is 23.9 Å². The van der Waals surface area contributed by atoms with Gasteiger partial charge in [-0.2, -0.15) is 0 Å². The average Bonchev–Trinajstić information content (AvgIpc) is 2.27. The molecule has 1 rings (SSSR count). The maximum absolute atomic E-state index is 11.7. The molecular weight excluding hydrogens is 202 g/mol. The van der Waals surface area contributed by atoms with Gasteiger partial charge < -0.3 is 11.1 Å². The molecule has 0 aliphatic rings. The van der Waals surface area contributed by atoms with Gasteiger partial charge in [0.25, 0.3) is 0 Å². The Morgan fingerprint density at radius 1 is 1.62 bits per heavy atom. The van der Waals surface area contributed by atoms with E-state index in [1.807, 2.05) is 32.9 Å². The first-order valence-corrected chi connectivity index (χ1v) is 5.53. The van der Waals surface area contributed by atoms with Crippen LogP contribution >= 0.6 is 0 Å². The summed E-state index contributed by atoms with van der Waals surface area (Å²) in [5.74, 6) is 0.556. The summed E-state index contributed by atoms with van der Waals surface area (Å²) >= 11 is 0. The fourth-order valence-electron chi connectivity index (χ4n) is 1.33. The van der Waals surface area contributed by atoms with Crippen LogP contribution in [0.3, 0.4) is 0 Å². The van der Waals surface area contributed by atoms with Gasteiger partial charge in [0, 0.05) is 6.20 Å². The molecule has 0 saturated heterocycles. The second-order valence-corrected chi connectivity index (χ2v) is 4.12. The lowest BCUT2D eigenvalue weighted by Crippen LogP contribution is -2.40. The van der Waals surface area contributed by atoms with Crippen LogP contribution in [0.4, 0.5) is 5.82 Å². The topological polar surface area (TPSA) is 68.0 Å². The first kappa shape index (κ1) is 12.6. The van der Waals surface area contributed by atoms with Gasteiger partial charge in [-0.15, -0.1) is 0 Å². The van der Waals surface area contributed by atoms with E-state index in [1.54, 1.807) is 6.20 Å². The lowest BCUT2D eigenvalue weighted by molar-refractivity contribution is -0.118. The molecule has 3 N–H and O–H groups in total. The number of anilines is 1. The summed E-state index contributed by atoms with van der Waals surface area (Å²) in [5.41, 5.74) is 6.88. The van der Waals surface area contributed by atoms with Crippen molar-refractivity contribution in [1.82, 2.24) is 4.98 Å². The second-order valence-electron chi connectivity index (χ2n) is 4.12. The molecule has 1 aromatic heterocycles. The molecule has 0 spiro atoms. The molecule has 2 unspecified atom stereocenters. The van der Waals surface area contributed by atoms with Gasteiger partial charge in [0.05, 0.1) is 6.04 Å². The van der Waals surface area contributed by atoms with E-state index in [4.69, 9.17) is 5.73 Å². The van der Waals surface area contributed by atoms with Crippen LogP contribution in [0, 0.1) is 12.8 Å². The smallest absolute Gasteiger partial charge is 0.242 e. The van der Waals surface area contributed by atoms with Crippen molar-refractivity contribution in [3.8, 4) is 0 Å². The highest BCUT2D eigenvalue weighted by atomic mass is 16.2. The summed E-state index contributed by atoms with van der Waals surface area (Å²) in [6.45, 7) is 5.93. The highest BCUT2D eigenvalue weighted by Gasteiger charge is 2.19. The number of amides is 1. The molecule has 0 fully saturated rings. The Balaban J connectivity index is 2.64. The van der Waals surface area contributed by atoms with Crippen LogP contribution in [0.2, 0.25) is 0 Å². The quantitative estimate of drug-likeness (QED) is 0.813. The zero-order chi connectivity index (χ0) is 12.1. The Bertz CT molecular complexity index is 365. The van der Waals surface area contributed by atoms with Crippen LogP contribution < -0.4 is 11.1 Å². The third-order valence-electron chi connectivity index (χ3n) is 2.73. The highest BCUT2D eigenvalue weighted by Crippen LogP contribution is 2.09. The van der Waals surface area contributed by atoms with E-state index in [2.05, 4.69) is 10.3 Å². The summed E-state index contributed by atoms with van der Waals surface area (Å²) in [7, 11) is 0. The van der Waals surface area contributed by atoms with Gasteiger partial charge in [-0.05, 0) is 30.5 Å². The molecule has 4 nitrogen and oxygen atoms in total. The van der Waals surface area contributed by atoms with Crippen LogP contribution in [0.5, 0.6) is 0 Å². The van der Waals surface area contributed by atoms with Gasteiger partial charge in [-0.3, -0.25) is 4.79 Å². The normalized spacial score (nSPS) is 14.2. The van der Waals surface area contributed by atoms with Gasteiger partial charge in [0.1, 0.15) is 5.82 Å². The first-order chi connectivity index (χ1) is 7.54. The van der Waals surface area contributed by atoms with E-state index in [9.17, 15) is 4.79 Å². The van der Waals surface area contributed by atoms with E-state index in [0.29, 0.717) is 5.82 Å². The molecule has 0 saturated carbocycles. The standard InChI is InChI=1S/C12H19N3O/c1-4-9(3)11(13)12(16)15-10-7-8(2)5-6-14-10/h5-7,9,11H,4,13H2,1-3H3,(H,14,15,16). The Kier molecular flexibility index (Phi) is 4.43. The molecule has 0 aliphatic carbocycles. The van der Waals surface area contributed by atoms with E-state index in [-0.39, 0.29) is 11.8 Å². The summed E-state index contributed by atoms with van der Waals surface area (Å²) in [6, 6.07) is 3.22. The predicted molar refractivity (Wildman–Crippen MR) is 65.0 cm³/mol. The number of hydrogen-bond acceptors (Lipinski definition) is 3. The summed E-state index contributed by atoms with van der Waals surface area (Å²) in [6.07, 6.45) is 2.55. The Morgan fingerprint density at radius 3 is 2.88 bits per heavy atom. The van der Waals surface area contributed by atoms with Crippen LogP contribution in [0.25, 0.3) is 0 Å². The third kappa shape index (κ3) is 3.31. The Morgan fingerprint density at radius 2 is 2.31 bits per heavy atom. The maximum atomic E-state index is 11.7. The summed E-state index contributed by atoms with van der Waals surface area (Å²) in [5, 5.41) is 2.72. The molecular formula is C12H19N3O. The van der Waals surface area contributed by atoms with Crippen molar-refractivity contribution in [2.24, 2.45) is 11.7 Å². The third-order valence-corrected chi connectivity index (χ3v) is 2.73. The molecule has 1 heterocycles. The molecule has 0 bridgehead atoms. The van der Waals surface area contributed by atoms with E-state index in [1.165, 1.54) is 0 Å². The number of nitrogens with one attached hydrogen (secondary N) is 1. The van der Waals surface area contributed by atoms with Crippen LogP contribution in [-0.2, 0) is 4.79 Å². The number of aryl methyl sites for hydroxylation is 1. The second kappa shape index (κ2) is 5.61. The van der Waals surface area contributed by atoms with E-state index in [0.717, 1.165) is 12.0 Å². The summed E-state index contributed by atoms with van der Waals surface area (Å²) in [4.78, 5) is 15.8. The zero-order valence-corrected chi connectivity index (χ0v) is 10.0. The lowest BCUT2D eigenvalue weighted by atomic mass is 9.99. The number of carbonyl (C=O) groups is 1. The first-order valence-electron chi connectivity index (χ1n) is 5.53. The summed E-state index contributed by atoms with van der Waals surface area (Å²) < 4.78 is 0. The van der Waals surface area contributed by atoms with Crippen molar-refractivity contribution >= 4 is 11.7 Å². The number of nitrogens with zero attached hydrogens (tertiary/aromatic N) is 1. The number of hydrogen-bond donors (Lipinski definition) is 2. The zero-order valence-electron chi connectivity index (χ0n) is 10.0. The Hall–Kier alpha value is -1.42. The monoisotopic (exact) mass is 221 g/mol. The molecule has 4 heteroatoms. The van der Waals surface area contributed by atoms with Crippen molar-refractivity contribution < 1.29 is 4.79 Å². The van der Waals surface area contributed by atoms with Gasteiger partial charge >= 0.3 is 0 Å². The Labute approximate surface area is 96.3 Å². The van der Waals surface area contributed by atoms with Gasteiger partial charge in [-0.1, -0.05) is 20.3 Å². The largest absolute Gasteiger partial charge is 0.320 e. The molecule has 16 heavy (non-hydrogen) atoms. The molecule has 0 aliphatic heterocycles. The van der Waals surface area contributed by atoms with Crippen LogP contribution in [0.1, 0.15) is 25.8 Å². The maximum Gasteiger partial charge on any atom is 0.242 e. The van der Waals surface area contributed by atoms with Gasteiger partial charge in [-0.25, -0.2) is 4.98 Å². The minimum Gasteiger partial charge on any atom is -0.320 e. The average molecular weight is 221 g/mol. The lowest BCUT2D eigenvalue weighted by Gasteiger charge is -2.17. The molecule has 1 aromatic rings. The van der Waals surface area contributed by atoms with Gasteiger partial charge in [0.2, 0.25) is 5.91 Å². The van der Waals surface area contributed by atoms with E-state index >= 15 is 0 Å². The number of pyridine rings is 1. The molecule has 0 aromatic carbocycles. The van der Waals surface area contributed by atoms with Crippen molar-refractivity contribution in [2.75, 3.05) is 5.32 Å². The number of rotatable bonds is 4. The fourth-order valence-corrected chi connectivity index (χ4v) is 1.33. The molecule has 88 valence electrons. The molecule has 2 atom stereocenters. The number of carbonyl (C=O) groups excluding carboxylic acids is 1. The van der Waals surface area contributed by atoms with E-state index < -0.39 is 6.04 Å². The fraction of sp³-hybridized carbons (Fsp3) is 0.500. The predicted octanol–water partition coefficient (Wildman–Crippen LogP) is 1.70. The molecule has 1 amide bonds. The number of nitrogens with two attached hydrogens (primary N) is 1. The van der Waals surface area contributed by atoms with Crippen LogP contribution in [0.15, 0.2) is 18.3 Å². The van der Waals surface area contributed by atoms with Crippen molar-refractivity contribution in [3.63, 3.8) is 0 Å². The van der Waals surface area contributed by atoms with Crippen molar-refractivity contribution in [2.45, 2.75) is 33.2 Å². The highest BCUT2D eigenvalue weighted by molar-refractivity contribution is 5.94. The minimum atomic E-state index is -0.479.